The molecule has 7 heteroatoms. The van der Waals surface area contributed by atoms with Crippen LogP contribution in [0.2, 0.25) is 0 Å². The van der Waals surface area contributed by atoms with Gasteiger partial charge in [0.2, 0.25) is 5.65 Å². The van der Waals surface area contributed by atoms with Crippen LogP contribution in [0.1, 0.15) is 0 Å². The lowest BCUT2D eigenvalue weighted by atomic mass is 10.3. The molecule has 6 nitrogen and oxygen atoms in total. The minimum atomic E-state index is 0.376. The Balaban J connectivity index is 2.06. The number of nitrogens with two attached hydrogens (primary N) is 1. The molecule has 2 N–H and O–H groups in total. The molecule has 0 saturated carbocycles. The van der Waals surface area contributed by atoms with E-state index < -0.39 is 0 Å². The van der Waals surface area contributed by atoms with Gasteiger partial charge < -0.3 is 10.5 Å². The Labute approximate surface area is 111 Å². The van der Waals surface area contributed by atoms with Crippen LogP contribution in [0.15, 0.2) is 41.4 Å². The molecule has 0 spiro atoms. The molecule has 0 bridgehead atoms. The van der Waals surface area contributed by atoms with Crippen molar-refractivity contribution in [3.8, 4) is 11.6 Å². The molecule has 0 fully saturated rings. The maximum atomic E-state index is 5.79. The number of halogens is 1. The lowest BCUT2D eigenvalue weighted by molar-refractivity contribution is 0.462. The molecule has 0 unspecified atom stereocenters. The fraction of sp³-hybridized carbons (Fsp3) is 0. The number of anilines is 1. The summed E-state index contributed by atoms with van der Waals surface area (Å²) in [6, 6.07) is 5.38. The number of aromatic nitrogens is 4. The third kappa shape index (κ3) is 1.78. The third-order valence-corrected chi connectivity index (χ3v) is 3.23. The van der Waals surface area contributed by atoms with Gasteiger partial charge in [-0.05, 0) is 28.1 Å². The van der Waals surface area contributed by atoms with Crippen LogP contribution in [0.25, 0.3) is 5.65 Å². The van der Waals surface area contributed by atoms with Crippen LogP contribution in [0.4, 0.5) is 5.69 Å². The Hall–Kier alpha value is -2.15. The summed E-state index contributed by atoms with van der Waals surface area (Å²) in [5.74, 6) is 0.958. The molecule has 2 aromatic heterocycles. The zero-order valence-corrected chi connectivity index (χ0v) is 10.7. The van der Waals surface area contributed by atoms with Gasteiger partial charge in [0.1, 0.15) is 12.1 Å². The van der Waals surface area contributed by atoms with E-state index in [0.717, 1.165) is 0 Å². The lowest BCUT2D eigenvalue weighted by Crippen LogP contribution is -1.95. The van der Waals surface area contributed by atoms with Gasteiger partial charge in [-0.2, -0.15) is 0 Å². The van der Waals surface area contributed by atoms with Crippen LogP contribution in [0, 0.1) is 0 Å². The van der Waals surface area contributed by atoms with E-state index in [-0.39, 0.29) is 0 Å². The van der Waals surface area contributed by atoms with Crippen LogP contribution < -0.4 is 10.5 Å². The molecule has 3 rings (SSSR count). The first-order chi connectivity index (χ1) is 8.75. The summed E-state index contributed by atoms with van der Waals surface area (Å²) in [6.07, 6.45) is 4.95. The highest BCUT2D eigenvalue weighted by atomic mass is 79.9. The zero-order valence-electron chi connectivity index (χ0n) is 9.12. The van der Waals surface area contributed by atoms with E-state index >= 15 is 0 Å². The molecule has 18 heavy (non-hydrogen) atoms. The van der Waals surface area contributed by atoms with Crippen molar-refractivity contribution in [3.05, 3.63) is 41.4 Å². The van der Waals surface area contributed by atoms with Crippen molar-refractivity contribution in [2.45, 2.75) is 0 Å². The van der Waals surface area contributed by atoms with Crippen molar-refractivity contribution in [3.63, 3.8) is 0 Å². The predicted molar refractivity (Wildman–Crippen MR) is 69.4 cm³/mol. The number of nitrogens with zero attached hydrogens (tertiary/aromatic N) is 4. The van der Waals surface area contributed by atoms with E-state index in [0.29, 0.717) is 27.4 Å². The highest BCUT2D eigenvalue weighted by molar-refractivity contribution is 9.10. The SMILES string of the molecule is Nc1cccc(Oc2nccn3cnnc23)c1Br. The summed E-state index contributed by atoms with van der Waals surface area (Å²) in [6.45, 7) is 0. The standard InChI is InChI=1S/C11H8BrN5O/c12-9-7(13)2-1-3-8(9)18-11-10-16-15-6-17(10)5-4-14-11/h1-6H,13H2. The maximum Gasteiger partial charge on any atom is 0.265 e. The van der Waals surface area contributed by atoms with Crippen LogP contribution >= 0.6 is 15.9 Å². The van der Waals surface area contributed by atoms with Gasteiger partial charge in [-0.3, -0.25) is 4.40 Å². The summed E-state index contributed by atoms with van der Waals surface area (Å²) in [7, 11) is 0. The minimum Gasteiger partial charge on any atom is -0.435 e. The molecule has 90 valence electrons. The Morgan fingerprint density at radius 3 is 3.11 bits per heavy atom. The number of hydrogen-bond acceptors (Lipinski definition) is 5. The number of hydrogen-bond donors (Lipinski definition) is 1. The van der Waals surface area contributed by atoms with Crippen molar-refractivity contribution >= 4 is 27.3 Å². The van der Waals surface area contributed by atoms with Crippen LogP contribution in [-0.4, -0.2) is 19.6 Å². The molecule has 3 aromatic rings. The molecule has 0 aliphatic rings. The number of fused-ring (bicyclic) bond motifs is 1. The number of nitrogen functional groups attached to an aromatic ring is 1. The molecule has 0 saturated heterocycles. The van der Waals surface area contributed by atoms with Crippen molar-refractivity contribution < 1.29 is 4.74 Å². The van der Waals surface area contributed by atoms with E-state index in [2.05, 4.69) is 31.1 Å². The normalized spacial score (nSPS) is 10.7. The van der Waals surface area contributed by atoms with E-state index in [4.69, 9.17) is 10.5 Å². The topological polar surface area (TPSA) is 78.3 Å². The quantitative estimate of drug-likeness (QED) is 0.735. The minimum absolute atomic E-state index is 0.376. The lowest BCUT2D eigenvalue weighted by Gasteiger charge is -2.08. The Morgan fingerprint density at radius 2 is 2.22 bits per heavy atom. The van der Waals surface area contributed by atoms with Crippen molar-refractivity contribution in [1.29, 1.82) is 0 Å². The van der Waals surface area contributed by atoms with Crippen LogP contribution in [-0.2, 0) is 0 Å². The van der Waals surface area contributed by atoms with Crippen LogP contribution in [0.5, 0.6) is 11.6 Å². The Bertz CT molecular complexity index is 711. The second-order valence-electron chi connectivity index (χ2n) is 3.56. The van der Waals surface area contributed by atoms with Gasteiger partial charge in [0.15, 0.2) is 0 Å². The molecular formula is C11H8BrN5O. The Kier molecular flexibility index (Phi) is 2.60. The van der Waals surface area contributed by atoms with Crippen molar-refractivity contribution in [2.75, 3.05) is 5.73 Å². The summed E-state index contributed by atoms with van der Waals surface area (Å²) in [4.78, 5) is 4.14. The number of rotatable bonds is 2. The number of benzene rings is 1. The zero-order chi connectivity index (χ0) is 12.5. The van der Waals surface area contributed by atoms with Gasteiger partial charge in [-0.25, -0.2) is 4.98 Å². The number of ether oxygens (including phenoxy) is 1. The molecule has 0 radical (unpaired) electrons. The largest absolute Gasteiger partial charge is 0.435 e. The Morgan fingerprint density at radius 1 is 1.33 bits per heavy atom. The molecule has 2 heterocycles. The summed E-state index contributed by atoms with van der Waals surface area (Å²) in [5, 5.41) is 7.75. The van der Waals surface area contributed by atoms with Gasteiger partial charge >= 0.3 is 0 Å². The summed E-state index contributed by atoms with van der Waals surface area (Å²) in [5.41, 5.74) is 6.93. The fourth-order valence-corrected chi connectivity index (χ4v) is 1.86. The second-order valence-corrected chi connectivity index (χ2v) is 4.35. The average molecular weight is 306 g/mol. The van der Waals surface area contributed by atoms with Gasteiger partial charge in [-0.15, -0.1) is 10.2 Å². The first-order valence-corrected chi connectivity index (χ1v) is 5.91. The van der Waals surface area contributed by atoms with Crippen LogP contribution in [0.3, 0.4) is 0 Å². The van der Waals surface area contributed by atoms with Gasteiger partial charge in [0.25, 0.3) is 5.88 Å². The first-order valence-electron chi connectivity index (χ1n) is 5.12. The maximum absolute atomic E-state index is 5.79. The molecule has 0 atom stereocenters. The molecule has 0 aliphatic heterocycles. The summed E-state index contributed by atoms with van der Waals surface area (Å²) >= 11 is 3.37. The van der Waals surface area contributed by atoms with E-state index in [1.807, 2.05) is 0 Å². The highest BCUT2D eigenvalue weighted by Crippen LogP contribution is 2.33. The fourth-order valence-electron chi connectivity index (χ4n) is 1.52. The summed E-state index contributed by atoms with van der Waals surface area (Å²) < 4.78 is 8.11. The predicted octanol–water partition coefficient (Wildman–Crippen LogP) is 2.26. The average Bonchev–Trinajstić information content (AvgIpc) is 2.84. The van der Waals surface area contributed by atoms with Gasteiger partial charge in [0.05, 0.1) is 4.47 Å². The second kappa shape index (κ2) is 4.26. The monoisotopic (exact) mass is 305 g/mol. The smallest absolute Gasteiger partial charge is 0.265 e. The van der Waals surface area contributed by atoms with E-state index in [1.165, 1.54) is 0 Å². The van der Waals surface area contributed by atoms with Crippen molar-refractivity contribution in [1.82, 2.24) is 19.6 Å². The van der Waals surface area contributed by atoms with E-state index in [9.17, 15) is 0 Å². The third-order valence-electron chi connectivity index (χ3n) is 2.38. The molecule has 0 amide bonds. The van der Waals surface area contributed by atoms with Gasteiger partial charge in [0, 0.05) is 18.1 Å². The highest BCUT2D eigenvalue weighted by Gasteiger charge is 2.10. The van der Waals surface area contributed by atoms with E-state index in [1.54, 1.807) is 41.3 Å². The first kappa shape index (κ1) is 11.0. The molecular weight excluding hydrogens is 298 g/mol. The van der Waals surface area contributed by atoms with Crippen molar-refractivity contribution in [2.24, 2.45) is 0 Å². The van der Waals surface area contributed by atoms with Gasteiger partial charge in [-0.1, -0.05) is 6.07 Å². The molecule has 0 aliphatic carbocycles. The molecule has 1 aromatic carbocycles.